The van der Waals surface area contributed by atoms with Gasteiger partial charge in [-0.05, 0) is 35.7 Å². The van der Waals surface area contributed by atoms with Gasteiger partial charge in [0.25, 0.3) is 17.4 Å². The molecule has 5 heteroatoms. The maximum Gasteiger partial charge on any atom is 0.266 e. The van der Waals surface area contributed by atoms with Crippen LogP contribution in [-0.4, -0.2) is 16.8 Å². The van der Waals surface area contributed by atoms with E-state index in [9.17, 15) is 14.4 Å². The molecule has 2 amide bonds. The second-order valence-electron chi connectivity index (χ2n) is 5.07. The van der Waals surface area contributed by atoms with Crippen molar-refractivity contribution in [2.24, 2.45) is 0 Å². The van der Waals surface area contributed by atoms with Gasteiger partial charge in [0, 0.05) is 11.6 Å². The van der Waals surface area contributed by atoms with E-state index in [-0.39, 0.29) is 17.4 Å². The number of aromatic nitrogens is 1. The van der Waals surface area contributed by atoms with Crippen molar-refractivity contribution >= 4 is 28.3 Å². The van der Waals surface area contributed by atoms with E-state index in [4.69, 9.17) is 0 Å². The summed E-state index contributed by atoms with van der Waals surface area (Å²) in [4.78, 5) is 40.5. The van der Waals surface area contributed by atoms with Gasteiger partial charge in [0.05, 0.1) is 16.8 Å². The van der Waals surface area contributed by atoms with Gasteiger partial charge in [-0.3, -0.25) is 14.4 Å². The molecular formula is C17H10N2O3. The summed E-state index contributed by atoms with van der Waals surface area (Å²) >= 11 is 0. The van der Waals surface area contributed by atoms with Crippen LogP contribution in [0.2, 0.25) is 0 Å². The van der Waals surface area contributed by atoms with Crippen LogP contribution in [0.1, 0.15) is 20.7 Å². The van der Waals surface area contributed by atoms with Crippen LogP contribution >= 0.6 is 0 Å². The SMILES string of the molecule is O=C1c2ccccc2C(=O)N1c1ccc2cc[nH]c(=O)c2c1. The van der Waals surface area contributed by atoms with Gasteiger partial charge in [0.15, 0.2) is 0 Å². The van der Waals surface area contributed by atoms with Crippen molar-refractivity contribution in [2.75, 3.05) is 4.90 Å². The van der Waals surface area contributed by atoms with Crippen molar-refractivity contribution in [3.8, 4) is 0 Å². The Balaban J connectivity index is 1.90. The smallest absolute Gasteiger partial charge is 0.266 e. The van der Waals surface area contributed by atoms with E-state index in [0.717, 1.165) is 10.3 Å². The number of hydrogen-bond acceptors (Lipinski definition) is 3. The minimum atomic E-state index is -0.368. The molecular weight excluding hydrogens is 280 g/mol. The number of H-pyrrole nitrogens is 1. The number of anilines is 1. The molecule has 1 aliphatic heterocycles. The summed E-state index contributed by atoms with van der Waals surface area (Å²) in [5.41, 5.74) is 0.912. The first-order valence-electron chi connectivity index (χ1n) is 6.76. The Hall–Kier alpha value is -3.21. The van der Waals surface area contributed by atoms with E-state index in [1.807, 2.05) is 0 Å². The van der Waals surface area contributed by atoms with E-state index in [2.05, 4.69) is 4.98 Å². The topological polar surface area (TPSA) is 70.2 Å². The first-order chi connectivity index (χ1) is 10.7. The lowest BCUT2D eigenvalue weighted by Gasteiger charge is -2.14. The van der Waals surface area contributed by atoms with Gasteiger partial charge in [-0.15, -0.1) is 0 Å². The molecule has 2 heterocycles. The van der Waals surface area contributed by atoms with Gasteiger partial charge in [0.1, 0.15) is 0 Å². The highest BCUT2D eigenvalue weighted by atomic mass is 16.2. The summed E-state index contributed by atoms with van der Waals surface area (Å²) in [6, 6.07) is 13.4. The highest BCUT2D eigenvalue weighted by molar-refractivity contribution is 6.34. The van der Waals surface area contributed by atoms with Crippen molar-refractivity contribution in [3.63, 3.8) is 0 Å². The van der Waals surface area contributed by atoms with Gasteiger partial charge in [-0.2, -0.15) is 0 Å². The molecule has 0 aliphatic carbocycles. The molecule has 1 aliphatic rings. The fourth-order valence-electron chi connectivity index (χ4n) is 2.73. The van der Waals surface area contributed by atoms with Crippen LogP contribution in [0.15, 0.2) is 59.5 Å². The monoisotopic (exact) mass is 290 g/mol. The molecule has 22 heavy (non-hydrogen) atoms. The first-order valence-corrected chi connectivity index (χ1v) is 6.76. The summed E-state index contributed by atoms with van der Waals surface area (Å²) in [7, 11) is 0. The van der Waals surface area contributed by atoms with Crippen LogP contribution in [0.5, 0.6) is 0 Å². The van der Waals surface area contributed by atoms with Crippen molar-refractivity contribution in [2.45, 2.75) is 0 Å². The predicted octanol–water partition coefficient (Wildman–Crippen LogP) is 2.33. The van der Waals surface area contributed by atoms with Crippen molar-refractivity contribution in [3.05, 3.63) is 76.2 Å². The third-order valence-corrected chi connectivity index (χ3v) is 3.81. The maximum absolute atomic E-state index is 12.4. The average molecular weight is 290 g/mol. The van der Waals surface area contributed by atoms with Gasteiger partial charge < -0.3 is 4.98 Å². The third-order valence-electron chi connectivity index (χ3n) is 3.81. The largest absolute Gasteiger partial charge is 0.329 e. The number of rotatable bonds is 1. The van der Waals surface area contributed by atoms with Gasteiger partial charge in [0.2, 0.25) is 0 Å². The molecule has 2 aromatic carbocycles. The van der Waals surface area contributed by atoms with Crippen LogP contribution < -0.4 is 10.5 Å². The fraction of sp³-hybridized carbons (Fsp3) is 0. The molecule has 1 N–H and O–H groups in total. The molecule has 106 valence electrons. The number of fused-ring (bicyclic) bond motifs is 2. The number of nitrogens with zero attached hydrogens (tertiary/aromatic N) is 1. The van der Waals surface area contributed by atoms with Crippen molar-refractivity contribution in [1.82, 2.24) is 4.98 Å². The number of pyridine rings is 1. The summed E-state index contributed by atoms with van der Waals surface area (Å²) in [5.74, 6) is -0.736. The lowest BCUT2D eigenvalue weighted by Crippen LogP contribution is -2.29. The molecule has 0 saturated carbocycles. The van der Waals surface area contributed by atoms with Gasteiger partial charge in [-0.25, -0.2) is 4.90 Å². The summed E-state index contributed by atoms with van der Waals surface area (Å²) < 4.78 is 0. The minimum Gasteiger partial charge on any atom is -0.329 e. The summed E-state index contributed by atoms with van der Waals surface area (Å²) in [6.07, 6.45) is 1.56. The Morgan fingerprint density at radius 1 is 0.818 bits per heavy atom. The van der Waals surface area contributed by atoms with Crippen LogP contribution in [-0.2, 0) is 0 Å². The molecule has 0 bridgehead atoms. The number of imide groups is 1. The molecule has 3 aromatic rings. The molecule has 0 fully saturated rings. The van der Waals surface area contributed by atoms with Crippen LogP contribution in [0.3, 0.4) is 0 Å². The van der Waals surface area contributed by atoms with E-state index >= 15 is 0 Å². The number of benzene rings is 2. The van der Waals surface area contributed by atoms with Crippen molar-refractivity contribution in [1.29, 1.82) is 0 Å². The molecule has 1 aromatic heterocycles. The number of carbonyl (C=O) groups is 2. The zero-order valence-electron chi connectivity index (χ0n) is 11.4. The number of hydrogen-bond donors (Lipinski definition) is 1. The molecule has 5 nitrogen and oxygen atoms in total. The molecule has 0 atom stereocenters. The average Bonchev–Trinajstić information content (AvgIpc) is 2.80. The second-order valence-corrected chi connectivity index (χ2v) is 5.07. The lowest BCUT2D eigenvalue weighted by molar-refractivity contribution is 0.0926. The van der Waals surface area contributed by atoms with Gasteiger partial charge >= 0.3 is 0 Å². The zero-order chi connectivity index (χ0) is 15.3. The Morgan fingerprint density at radius 2 is 1.50 bits per heavy atom. The standard InChI is InChI=1S/C17H10N2O3/c20-15-14-9-11(6-5-10(14)7-8-18-15)19-16(21)12-3-1-2-4-13(12)17(19)22/h1-9H,(H,18,20). The Labute approximate surface area is 124 Å². The number of carbonyl (C=O) groups excluding carboxylic acids is 2. The molecule has 0 unspecified atom stereocenters. The van der Waals surface area contributed by atoms with Crippen molar-refractivity contribution < 1.29 is 9.59 Å². The molecule has 4 rings (SSSR count). The Kier molecular flexibility index (Phi) is 2.50. The first kappa shape index (κ1) is 12.5. The quantitative estimate of drug-likeness (QED) is 0.699. The molecule has 0 saturated heterocycles. The highest BCUT2D eigenvalue weighted by Crippen LogP contribution is 2.29. The third kappa shape index (κ3) is 1.62. The summed E-state index contributed by atoms with van der Waals surface area (Å²) in [6.45, 7) is 0. The number of aromatic amines is 1. The Morgan fingerprint density at radius 3 is 2.18 bits per heavy atom. The lowest BCUT2D eigenvalue weighted by atomic mass is 10.1. The maximum atomic E-state index is 12.4. The minimum absolute atomic E-state index is 0.254. The van der Waals surface area contributed by atoms with E-state index in [1.165, 1.54) is 0 Å². The van der Waals surface area contributed by atoms with Crippen LogP contribution in [0, 0.1) is 0 Å². The number of nitrogens with one attached hydrogen (secondary N) is 1. The molecule has 0 radical (unpaired) electrons. The van der Waals surface area contributed by atoms with Crippen LogP contribution in [0.25, 0.3) is 10.8 Å². The normalized spacial score (nSPS) is 13.7. The number of amides is 2. The predicted molar refractivity (Wildman–Crippen MR) is 82.2 cm³/mol. The molecule has 0 spiro atoms. The van der Waals surface area contributed by atoms with E-state index in [1.54, 1.807) is 54.7 Å². The fourth-order valence-corrected chi connectivity index (χ4v) is 2.73. The zero-order valence-corrected chi connectivity index (χ0v) is 11.4. The second kappa shape index (κ2) is 4.39. The van der Waals surface area contributed by atoms with Crippen LogP contribution in [0.4, 0.5) is 5.69 Å². The van der Waals surface area contributed by atoms with Gasteiger partial charge in [-0.1, -0.05) is 18.2 Å². The Bertz CT molecular complexity index is 969. The van der Waals surface area contributed by atoms with E-state index in [0.29, 0.717) is 22.2 Å². The highest BCUT2D eigenvalue weighted by Gasteiger charge is 2.36. The van der Waals surface area contributed by atoms with E-state index < -0.39 is 0 Å². The summed E-state index contributed by atoms with van der Waals surface area (Å²) in [5, 5.41) is 1.20.